The number of piperazine rings is 1. The van der Waals surface area contributed by atoms with E-state index in [1.54, 1.807) is 0 Å². The molecule has 1 aliphatic rings. The van der Waals surface area contributed by atoms with E-state index in [0.29, 0.717) is 6.04 Å². The Hall–Kier alpha value is -1.39. The largest absolute Gasteiger partial charge is 0.481 e. The third-order valence-corrected chi connectivity index (χ3v) is 3.80. The lowest BCUT2D eigenvalue weighted by molar-refractivity contribution is -0.137. The lowest BCUT2D eigenvalue weighted by Crippen LogP contribution is -2.51. The quantitative estimate of drug-likeness (QED) is 0.876. The van der Waals surface area contributed by atoms with Crippen molar-refractivity contribution >= 4 is 5.97 Å². The molecule has 1 saturated heterocycles. The van der Waals surface area contributed by atoms with Gasteiger partial charge < -0.3 is 10.0 Å². The molecule has 1 fully saturated rings. The molecule has 0 amide bonds. The van der Waals surface area contributed by atoms with Gasteiger partial charge in [-0.05, 0) is 19.0 Å². The Balaban J connectivity index is 1.88. The minimum absolute atomic E-state index is 0.258. The molecule has 0 radical (unpaired) electrons. The molecule has 1 aromatic carbocycles. The lowest BCUT2D eigenvalue weighted by atomic mass is 10.1. The van der Waals surface area contributed by atoms with Gasteiger partial charge in [0, 0.05) is 38.6 Å². The van der Waals surface area contributed by atoms with Crippen molar-refractivity contribution in [1.82, 2.24) is 9.80 Å². The van der Waals surface area contributed by atoms with E-state index in [-0.39, 0.29) is 6.42 Å². The Morgan fingerprint density at radius 2 is 2.05 bits per heavy atom. The Labute approximate surface area is 114 Å². The first-order valence-electron chi connectivity index (χ1n) is 6.83. The van der Waals surface area contributed by atoms with Crippen molar-refractivity contribution < 1.29 is 9.90 Å². The molecule has 1 aromatic rings. The molecule has 1 unspecified atom stereocenters. The Morgan fingerprint density at radius 1 is 1.32 bits per heavy atom. The van der Waals surface area contributed by atoms with Gasteiger partial charge in [-0.15, -0.1) is 0 Å². The number of rotatable bonds is 5. The number of carbonyl (C=O) groups is 1. The maximum atomic E-state index is 10.7. The van der Waals surface area contributed by atoms with Gasteiger partial charge >= 0.3 is 5.97 Å². The summed E-state index contributed by atoms with van der Waals surface area (Å²) in [5.41, 5.74) is 1.32. The first-order chi connectivity index (χ1) is 9.15. The summed E-state index contributed by atoms with van der Waals surface area (Å²) in [6, 6.07) is 10.8. The highest BCUT2D eigenvalue weighted by atomic mass is 16.4. The van der Waals surface area contributed by atoms with E-state index in [1.165, 1.54) is 5.56 Å². The van der Waals surface area contributed by atoms with Gasteiger partial charge in [0.15, 0.2) is 0 Å². The van der Waals surface area contributed by atoms with Crippen LogP contribution in [0.25, 0.3) is 0 Å². The van der Waals surface area contributed by atoms with Crippen LogP contribution in [0.3, 0.4) is 0 Å². The average molecular weight is 262 g/mol. The Bertz CT molecular complexity index is 408. The molecule has 0 aromatic heterocycles. The van der Waals surface area contributed by atoms with Crippen LogP contribution in [0, 0.1) is 0 Å². The fourth-order valence-corrected chi connectivity index (χ4v) is 2.60. The van der Waals surface area contributed by atoms with Crippen molar-refractivity contribution in [2.24, 2.45) is 0 Å². The molecule has 1 atom stereocenters. The molecule has 0 bridgehead atoms. The molecule has 19 heavy (non-hydrogen) atoms. The van der Waals surface area contributed by atoms with E-state index < -0.39 is 5.97 Å². The van der Waals surface area contributed by atoms with Crippen LogP contribution in [0.2, 0.25) is 0 Å². The smallest absolute Gasteiger partial charge is 0.303 e. The first-order valence-corrected chi connectivity index (χ1v) is 6.83. The predicted octanol–water partition coefficient (Wildman–Crippen LogP) is 1.67. The van der Waals surface area contributed by atoms with Crippen LogP contribution in [0.15, 0.2) is 30.3 Å². The van der Waals surface area contributed by atoms with E-state index in [4.69, 9.17) is 5.11 Å². The summed E-state index contributed by atoms with van der Waals surface area (Å²) in [4.78, 5) is 15.4. The van der Waals surface area contributed by atoms with Crippen molar-refractivity contribution in [3.8, 4) is 0 Å². The van der Waals surface area contributed by atoms with E-state index in [0.717, 1.165) is 32.6 Å². The highest BCUT2D eigenvalue weighted by molar-refractivity contribution is 5.66. The van der Waals surface area contributed by atoms with E-state index in [9.17, 15) is 4.79 Å². The Kier molecular flexibility index (Phi) is 4.93. The summed E-state index contributed by atoms with van der Waals surface area (Å²) < 4.78 is 0. The SMILES string of the molecule is CN1CCN(Cc2ccccc2)CC1CCC(=O)O. The number of carboxylic acids is 1. The molecule has 0 saturated carbocycles. The third-order valence-electron chi connectivity index (χ3n) is 3.80. The van der Waals surface area contributed by atoms with E-state index in [1.807, 2.05) is 6.07 Å². The predicted molar refractivity (Wildman–Crippen MR) is 75.0 cm³/mol. The van der Waals surface area contributed by atoms with Crippen LogP contribution in [-0.2, 0) is 11.3 Å². The molecule has 104 valence electrons. The standard InChI is InChI=1S/C15H22N2O2/c1-16-9-10-17(11-13-5-3-2-4-6-13)12-14(16)7-8-15(18)19/h2-6,14H,7-12H2,1H3,(H,18,19). The molecule has 4 heteroatoms. The molecule has 0 spiro atoms. The molecular weight excluding hydrogens is 240 g/mol. The summed E-state index contributed by atoms with van der Waals surface area (Å²) in [6.45, 7) is 3.98. The molecular formula is C15H22N2O2. The molecule has 1 N–H and O–H groups in total. The van der Waals surface area contributed by atoms with Gasteiger partial charge in [-0.2, -0.15) is 0 Å². The summed E-state index contributed by atoms with van der Waals surface area (Å²) in [5.74, 6) is -0.700. The van der Waals surface area contributed by atoms with Gasteiger partial charge in [0.05, 0.1) is 0 Å². The number of nitrogens with zero attached hydrogens (tertiary/aromatic N) is 2. The van der Waals surface area contributed by atoms with Gasteiger partial charge in [-0.1, -0.05) is 30.3 Å². The van der Waals surface area contributed by atoms with Crippen LogP contribution < -0.4 is 0 Å². The van der Waals surface area contributed by atoms with Gasteiger partial charge in [0.25, 0.3) is 0 Å². The molecule has 1 heterocycles. The third kappa shape index (κ3) is 4.33. The summed E-state index contributed by atoms with van der Waals surface area (Å²) in [7, 11) is 2.09. The second kappa shape index (κ2) is 6.68. The number of hydrogen-bond acceptors (Lipinski definition) is 3. The summed E-state index contributed by atoms with van der Waals surface area (Å²) >= 11 is 0. The minimum Gasteiger partial charge on any atom is -0.481 e. The highest BCUT2D eigenvalue weighted by Crippen LogP contribution is 2.15. The number of aliphatic carboxylic acids is 1. The van der Waals surface area contributed by atoms with Gasteiger partial charge in [-0.3, -0.25) is 9.69 Å². The zero-order valence-corrected chi connectivity index (χ0v) is 11.5. The number of hydrogen-bond donors (Lipinski definition) is 1. The second-order valence-electron chi connectivity index (χ2n) is 5.29. The van der Waals surface area contributed by atoms with Gasteiger partial charge in [0.1, 0.15) is 0 Å². The van der Waals surface area contributed by atoms with Crippen LogP contribution in [-0.4, -0.2) is 53.6 Å². The second-order valence-corrected chi connectivity index (χ2v) is 5.29. The summed E-state index contributed by atoms with van der Waals surface area (Å²) in [5, 5.41) is 8.80. The first kappa shape index (κ1) is 14.0. The monoisotopic (exact) mass is 262 g/mol. The maximum Gasteiger partial charge on any atom is 0.303 e. The van der Waals surface area contributed by atoms with Crippen molar-refractivity contribution in [3.05, 3.63) is 35.9 Å². The maximum absolute atomic E-state index is 10.7. The lowest BCUT2D eigenvalue weighted by Gasteiger charge is -2.39. The normalized spacial score (nSPS) is 21.4. The highest BCUT2D eigenvalue weighted by Gasteiger charge is 2.24. The average Bonchev–Trinajstić information content (AvgIpc) is 2.40. The van der Waals surface area contributed by atoms with Crippen molar-refractivity contribution in [1.29, 1.82) is 0 Å². The van der Waals surface area contributed by atoms with Crippen molar-refractivity contribution in [2.45, 2.75) is 25.4 Å². The molecule has 1 aliphatic heterocycles. The van der Waals surface area contributed by atoms with Gasteiger partial charge in [-0.25, -0.2) is 0 Å². The fraction of sp³-hybridized carbons (Fsp3) is 0.533. The molecule has 4 nitrogen and oxygen atoms in total. The van der Waals surface area contributed by atoms with Gasteiger partial charge in [0.2, 0.25) is 0 Å². The van der Waals surface area contributed by atoms with E-state index >= 15 is 0 Å². The number of carboxylic acid groups (broad SMARTS) is 1. The van der Waals surface area contributed by atoms with E-state index in [2.05, 4.69) is 41.1 Å². The summed E-state index contributed by atoms with van der Waals surface area (Å²) in [6.07, 6.45) is 0.991. The van der Waals surface area contributed by atoms with Crippen LogP contribution >= 0.6 is 0 Å². The zero-order chi connectivity index (χ0) is 13.7. The molecule has 0 aliphatic carbocycles. The van der Waals surface area contributed by atoms with Crippen LogP contribution in [0.1, 0.15) is 18.4 Å². The fourth-order valence-electron chi connectivity index (χ4n) is 2.60. The topological polar surface area (TPSA) is 43.8 Å². The van der Waals surface area contributed by atoms with Crippen LogP contribution in [0.4, 0.5) is 0 Å². The zero-order valence-electron chi connectivity index (χ0n) is 11.5. The van der Waals surface area contributed by atoms with Crippen molar-refractivity contribution in [2.75, 3.05) is 26.7 Å². The number of likely N-dealkylation sites (N-methyl/N-ethyl adjacent to an activating group) is 1. The minimum atomic E-state index is -0.700. The Morgan fingerprint density at radius 3 is 2.74 bits per heavy atom. The van der Waals surface area contributed by atoms with Crippen molar-refractivity contribution in [3.63, 3.8) is 0 Å². The number of benzene rings is 1. The molecule has 2 rings (SSSR count). The van der Waals surface area contributed by atoms with Crippen LogP contribution in [0.5, 0.6) is 0 Å².